The number of nitrogens with zero attached hydrogens (tertiary/aromatic N) is 2. The molecular weight excluding hydrogens is 319 g/mol. The second kappa shape index (κ2) is 6.85. The Morgan fingerprint density at radius 1 is 1.04 bits per heavy atom. The van der Waals surface area contributed by atoms with E-state index in [1.54, 1.807) is 30.3 Å². The summed E-state index contributed by atoms with van der Waals surface area (Å²) < 4.78 is 14.9. The Balaban J connectivity index is 1.99. The molecule has 1 heterocycles. The molecule has 0 aliphatic rings. The number of aromatic carboxylic acids is 1. The van der Waals surface area contributed by atoms with Gasteiger partial charge < -0.3 is 9.67 Å². The summed E-state index contributed by atoms with van der Waals surface area (Å²) >= 11 is 0. The fraction of sp³-hybridized carbons (Fsp3) is 0. The van der Waals surface area contributed by atoms with Crippen molar-refractivity contribution in [1.29, 1.82) is 5.26 Å². The van der Waals surface area contributed by atoms with Gasteiger partial charge in [0.1, 0.15) is 5.82 Å². The van der Waals surface area contributed by atoms with Gasteiger partial charge in [-0.05, 0) is 60.2 Å². The lowest BCUT2D eigenvalue weighted by atomic mass is 10.0. The maximum atomic E-state index is 13.1. The number of aromatic nitrogens is 1. The molecule has 0 saturated heterocycles. The molecule has 0 radical (unpaired) electrons. The molecule has 122 valence electrons. The average molecular weight is 332 g/mol. The summed E-state index contributed by atoms with van der Waals surface area (Å²) in [5.41, 5.74) is 2.72. The van der Waals surface area contributed by atoms with Crippen LogP contribution in [0, 0.1) is 17.1 Å². The predicted octanol–water partition coefficient (Wildman–Crippen LogP) is 4.38. The molecule has 0 atom stereocenters. The van der Waals surface area contributed by atoms with Crippen molar-refractivity contribution in [3.8, 4) is 11.8 Å². The van der Waals surface area contributed by atoms with Gasteiger partial charge in [0.2, 0.25) is 0 Å². The monoisotopic (exact) mass is 332 g/mol. The predicted molar refractivity (Wildman–Crippen MR) is 92.6 cm³/mol. The topological polar surface area (TPSA) is 66.0 Å². The summed E-state index contributed by atoms with van der Waals surface area (Å²) in [4.78, 5) is 10.9. The third-order valence-electron chi connectivity index (χ3n) is 3.74. The van der Waals surface area contributed by atoms with Crippen molar-refractivity contribution in [2.24, 2.45) is 0 Å². The van der Waals surface area contributed by atoms with E-state index < -0.39 is 5.97 Å². The Hall–Kier alpha value is -3.65. The molecule has 25 heavy (non-hydrogen) atoms. The van der Waals surface area contributed by atoms with Crippen LogP contribution in [0.3, 0.4) is 0 Å². The van der Waals surface area contributed by atoms with Crippen LogP contribution >= 0.6 is 0 Å². The minimum atomic E-state index is -1.01. The first-order valence-electron chi connectivity index (χ1n) is 7.47. The third kappa shape index (κ3) is 3.48. The van der Waals surface area contributed by atoms with Crippen LogP contribution in [-0.4, -0.2) is 15.6 Å². The van der Waals surface area contributed by atoms with Crippen LogP contribution < -0.4 is 0 Å². The van der Waals surface area contributed by atoms with Gasteiger partial charge in [0.25, 0.3) is 0 Å². The van der Waals surface area contributed by atoms with Gasteiger partial charge in [-0.3, -0.25) is 0 Å². The van der Waals surface area contributed by atoms with Crippen LogP contribution in [-0.2, 0) is 0 Å². The second-order valence-corrected chi connectivity index (χ2v) is 5.33. The Morgan fingerprint density at radius 3 is 2.28 bits per heavy atom. The maximum Gasteiger partial charge on any atom is 0.335 e. The SMILES string of the molecule is N#CC(=Cc1cccn1-c1ccc(F)cc1)c1ccc(C(=O)O)cc1. The van der Waals surface area contributed by atoms with Crippen LogP contribution in [0.1, 0.15) is 21.6 Å². The van der Waals surface area contributed by atoms with Gasteiger partial charge in [-0.15, -0.1) is 0 Å². The summed E-state index contributed by atoms with van der Waals surface area (Å²) in [5, 5.41) is 18.4. The average Bonchev–Trinajstić information content (AvgIpc) is 3.08. The van der Waals surface area contributed by atoms with Crippen molar-refractivity contribution in [3.63, 3.8) is 0 Å². The first-order valence-corrected chi connectivity index (χ1v) is 7.47. The lowest BCUT2D eigenvalue weighted by Gasteiger charge is -2.07. The fourth-order valence-electron chi connectivity index (χ4n) is 2.47. The van der Waals surface area contributed by atoms with E-state index in [0.717, 1.165) is 11.4 Å². The molecule has 0 aliphatic heterocycles. The third-order valence-corrected chi connectivity index (χ3v) is 3.74. The largest absolute Gasteiger partial charge is 0.478 e. The molecule has 1 aromatic heterocycles. The standard InChI is InChI=1S/C20H13FN2O2/c21-17-7-9-18(10-8-17)23-11-1-2-19(23)12-16(13-22)14-3-5-15(6-4-14)20(24)25/h1-12H,(H,24,25). The zero-order chi connectivity index (χ0) is 17.8. The Kier molecular flexibility index (Phi) is 4.44. The molecule has 0 aliphatic carbocycles. The van der Waals surface area contributed by atoms with Crippen molar-refractivity contribution >= 4 is 17.6 Å². The molecule has 0 saturated carbocycles. The van der Waals surface area contributed by atoms with Crippen LogP contribution in [0.5, 0.6) is 0 Å². The molecule has 0 fully saturated rings. The van der Waals surface area contributed by atoms with E-state index in [4.69, 9.17) is 5.11 Å². The fourth-order valence-corrected chi connectivity index (χ4v) is 2.47. The van der Waals surface area contributed by atoms with E-state index >= 15 is 0 Å². The lowest BCUT2D eigenvalue weighted by Crippen LogP contribution is -1.97. The highest BCUT2D eigenvalue weighted by molar-refractivity contribution is 5.92. The van der Waals surface area contributed by atoms with Crippen LogP contribution in [0.2, 0.25) is 0 Å². The molecule has 5 heteroatoms. The number of halogens is 1. The van der Waals surface area contributed by atoms with Gasteiger partial charge in [-0.1, -0.05) is 12.1 Å². The Bertz CT molecular complexity index is 978. The smallest absolute Gasteiger partial charge is 0.335 e. The quantitative estimate of drug-likeness (QED) is 0.721. The molecular formula is C20H13FN2O2. The van der Waals surface area contributed by atoms with Crippen LogP contribution in [0.15, 0.2) is 66.9 Å². The molecule has 0 spiro atoms. The minimum absolute atomic E-state index is 0.163. The zero-order valence-electron chi connectivity index (χ0n) is 13.1. The van der Waals surface area contributed by atoms with Crippen molar-refractivity contribution in [3.05, 3.63) is 89.5 Å². The number of carbonyl (C=O) groups is 1. The van der Waals surface area contributed by atoms with Gasteiger partial charge in [0.05, 0.1) is 17.2 Å². The number of rotatable bonds is 4. The number of allylic oxidation sites excluding steroid dienone is 1. The molecule has 0 bridgehead atoms. The highest BCUT2D eigenvalue weighted by Crippen LogP contribution is 2.21. The molecule has 0 amide bonds. The van der Waals surface area contributed by atoms with E-state index in [9.17, 15) is 14.4 Å². The summed E-state index contributed by atoms with van der Waals surface area (Å²) in [6.45, 7) is 0. The number of hydrogen-bond acceptors (Lipinski definition) is 2. The first-order chi connectivity index (χ1) is 12.1. The lowest BCUT2D eigenvalue weighted by molar-refractivity contribution is 0.0697. The maximum absolute atomic E-state index is 13.1. The van der Waals surface area contributed by atoms with Gasteiger partial charge in [0.15, 0.2) is 0 Å². The molecule has 2 aromatic carbocycles. The highest BCUT2D eigenvalue weighted by atomic mass is 19.1. The summed E-state index contributed by atoms with van der Waals surface area (Å²) in [6.07, 6.45) is 3.53. The van der Waals surface area contributed by atoms with Crippen LogP contribution in [0.25, 0.3) is 17.3 Å². The summed E-state index contributed by atoms with van der Waals surface area (Å²) in [6, 6.07) is 18.0. The summed E-state index contributed by atoms with van der Waals surface area (Å²) in [7, 11) is 0. The van der Waals surface area contributed by atoms with E-state index in [1.807, 2.05) is 22.9 Å². The first kappa shape index (κ1) is 16.2. The number of benzene rings is 2. The number of carboxylic acid groups (broad SMARTS) is 1. The minimum Gasteiger partial charge on any atom is -0.478 e. The number of carboxylic acids is 1. The van der Waals surface area contributed by atoms with Gasteiger partial charge in [-0.25, -0.2) is 9.18 Å². The van der Waals surface area contributed by atoms with Crippen molar-refractivity contribution in [2.75, 3.05) is 0 Å². The van der Waals surface area contributed by atoms with Gasteiger partial charge >= 0.3 is 5.97 Å². The number of nitriles is 1. The molecule has 4 nitrogen and oxygen atoms in total. The molecule has 3 rings (SSSR count). The number of hydrogen-bond donors (Lipinski definition) is 1. The molecule has 3 aromatic rings. The normalized spacial score (nSPS) is 11.1. The van der Waals surface area contributed by atoms with Crippen molar-refractivity contribution < 1.29 is 14.3 Å². The van der Waals surface area contributed by atoms with E-state index in [2.05, 4.69) is 6.07 Å². The van der Waals surface area contributed by atoms with Gasteiger partial charge in [0, 0.05) is 17.6 Å². The second-order valence-electron chi connectivity index (χ2n) is 5.33. The van der Waals surface area contributed by atoms with E-state index in [-0.39, 0.29) is 11.4 Å². The summed E-state index contributed by atoms with van der Waals surface area (Å²) in [5.74, 6) is -1.33. The van der Waals surface area contributed by atoms with E-state index in [1.165, 1.54) is 24.3 Å². The van der Waals surface area contributed by atoms with E-state index in [0.29, 0.717) is 11.1 Å². The highest BCUT2D eigenvalue weighted by Gasteiger charge is 2.07. The van der Waals surface area contributed by atoms with Gasteiger partial charge in [-0.2, -0.15) is 5.26 Å². The van der Waals surface area contributed by atoms with Crippen LogP contribution in [0.4, 0.5) is 4.39 Å². The molecule has 1 N–H and O–H groups in total. The Labute approximate surface area is 143 Å². The zero-order valence-corrected chi connectivity index (χ0v) is 13.1. The molecule has 0 unspecified atom stereocenters. The Morgan fingerprint density at radius 2 is 1.68 bits per heavy atom. The van der Waals surface area contributed by atoms with Crippen molar-refractivity contribution in [2.45, 2.75) is 0 Å². The van der Waals surface area contributed by atoms with Crippen molar-refractivity contribution in [1.82, 2.24) is 4.57 Å².